The molecule has 4 rings (SSSR count). The molecule has 1 aromatic heterocycles. The van der Waals surface area contributed by atoms with E-state index in [1.165, 1.54) is 0 Å². The van der Waals surface area contributed by atoms with Crippen LogP contribution in [0.3, 0.4) is 0 Å². The van der Waals surface area contributed by atoms with E-state index >= 15 is 0 Å². The summed E-state index contributed by atoms with van der Waals surface area (Å²) in [6.07, 6.45) is 0.792. The first kappa shape index (κ1) is 14.1. The van der Waals surface area contributed by atoms with E-state index < -0.39 is 5.76 Å². The SMILES string of the molecule is O=C(Nc1ccc2oc(=O)[nH]c2c1)C1CC1c1ccccc1Cl. The number of benzene rings is 2. The molecular weight excluding hydrogens is 316 g/mol. The predicted molar refractivity (Wildman–Crippen MR) is 87.8 cm³/mol. The number of halogens is 1. The van der Waals surface area contributed by atoms with Crippen molar-refractivity contribution in [3.05, 3.63) is 63.6 Å². The van der Waals surface area contributed by atoms with E-state index in [2.05, 4.69) is 10.3 Å². The van der Waals surface area contributed by atoms with Gasteiger partial charge in [0.2, 0.25) is 5.91 Å². The summed E-state index contributed by atoms with van der Waals surface area (Å²) in [6.45, 7) is 0. The van der Waals surface area contributed by atoms with Crippen molar-refractivity contribution in [2.45, 2.75) is 12.3 Å². The Morgan fingerprint density at radius 2 is 2.09 bits per heavy atom. The summed E-state index contributed by atoms with van der Waals surface area (Å²) in [5.74, 6) is -0.459. The highest BCUT2D eigenvalue weighted by atomic mass is 35.5. The maximum atomic E-state index is 12.4. The van der Waals surface area contributed by atoms with Gasteiger partial charge in [-0.3, -0.25) is 9.78 Å². The Morgan fingerprint density at radius 1 is 1.26 bits per heavy atom. The Hall–Kier alpha value is -2.53. The predicted octanol–water partition coefficient (Wildman–Crippen LogP) is 3.52. The fourth-order valence-corrected chi connectivity index (χ4v) is 3.14. The van der Waals surface area contributed by atoms with Gasteiger partial charge in [-0.25, -0.2) is 4.79 Å². The second-order valence-electron chi connectivity index (χ2n) is 5.68. The van der Waals surface area contributed by atoms with Crippen molar-refractivity contribution < 1.29 is 9.21 Å². The number of hydrogen-bond donors (Lipinski definition) is 2. The average molecular weight is 329 g/mol. The molecule has 116 valence electrons. The number of H-pyrrole nitrogens is 1. The van der Waals surface area contributed by atoms with Crippen LogP contribution >= 0.6 is 11.6 Å². The number of carbonyl (C=O) groups excluding carboxylic acids is 1. The van der Waals surface area contributed by atoms with Gasteiger partial charge >= 0.3 is 5.76 Å². The summed E-state index contributed by atoms with van der Waals surface area (Å²) in [4.78, 5) is 26.1. The molecule has 0 aliphatic heterocycles. The fraction of sp³-hybridized carbons (Fsp3) is 0.176. The second kappa shape index (κ2) is 5.28. The molecule has 5 nitrogen and oxygen atoms in total. The molecule has 6 heteroatoms. The van der Waals surface area contributed by atoms with Crippen LogP contribution in [0.4, 0.5) is 5.69 Å². The van der Waals surface area contributed by atoms with E-state index in [0.29, 0.717) is 21.8 Å². The smallest absolute Gasteiger partial charge is 0.408 e. The summed E-state index contributed by atoms with van der Waals surface area (Å²) in [5, 5.41) is 3.58. The minimum atomic E-state index is -0.510. The van der Waals surface area contributed by atoms with Crippen LogP contribution in [0.5, 0.6) is 0 Å². The third-order valence-electron chi connectivity index (χ3n) is 4.12. The lowest BCUT2D eigenvalue weighted by Crippen LogP contribution is -2.14. The summed E-state index contributed by atoms with van der Waals surface area (Å²) in [7, 11) is 0. The van der Waals surface area contributed by atoms with Gasteiger partial charge in [-0.2, -0.15) is 0 Å². The van der Waals surface area contributed by atoms with Crippen LogP contribution in [-0.2, 0) is 4.79 Å². The Labute approximate surface area is 136 Å². The lowest BCUT2D eigenvalue weighted by molar-refractivity contribution is -0.117. The molecule has 2 atom stereocenters. The number of anilines is 1. The zero-order chi connectivity index (χ0) is 16.0. The molecule has 3 aromatic rings. The largest absolute Gasteiger partial charge is 0.417 e. The fourth-order valence-electron chi connectivity index (χ4n) is 2.87. The number of aromatic nitrogens is 1. The standard InChI is InChI=1S/C17H13ClN2O3/c18-13-4-2-1-3-10(13)11-8-12(11)16(21)19-9-5-6-15-14(7-9)20-17(22)23-15/h1-7,11-12H,8H2,(H,19,21)(H,20,22). The first-order valence-corrected chi connectivity index (χ1v) is 7.68. The van der Waals surface area contributed by atoms with Gasteiger partial charge in [0.25, 0.3) is 0 Å². The first-order valence-electron chi connectivity index (χ1n) is 7.30. The number of carbonyl (C=O) groups is 1. The highest BCUT2D eigenvalue weighted by molar-refractivity contribution is 6.31. The number of hydrogen-bond acceptors (Lipinski definition) is 3. The van der Waals surface area contributed by atoms with Crippen molar-refractivity contribution in [1.29, 1.82) is 0 Å². The van der Waals surface area contributed by atoms with Gasteiger partial charge < -0.3 is 9.73 Å². The lowest BCUT2D eigenvalue weighted by Gasteiger charge is -2.06. The quantitative estimate of drug-likeness (QED) is 0.772. The molecule has 2 N–H and O–H groups in total. The maximum absolute atomic E-state index is 12.4. The van der Waals surface area contributed by atoms with E-state index in [1.807, 2.05) is 24.3 Å². The average Bonchev–Trinajstić information content (AvgIpc) is 3.23. The third-order valence-corrected chi connectivity index (χ3v) is 4.46. The molecule has 1 amide bonds. The van der Waals surface area contributed by atoms with Crippen LogP contribution in [0, 0.1) is 5.92 Å². The molecule has 2 unspecified atom stereocenters. The topological polar surface area (TPSA) is 75.1 Å². The van der Waals surface area contributed by atoms with Gasteiger partial charge in [-0.15, -0.1) is 0 Å². The van der Waals surface area contributed by atoms with Crippen molar-refractivity contribution in [3.8, 4) is 0 Å². The Morgan fingerprint density at radius 3 is 2.91 bits per heavy atom. The van der Waals surface area contributed by atoms with Gasteiger partial charge in [0, 0.05) is 16.6 Å². The zero-order valence-corrected chi connectivity index (χ0v) is 12.8. The van der Waals surface area contributed by atoms with E-state index in [1.54, 1.807) is 18.2 Å². The van der Waals surface area contributed by atoms with Crippen molar-refractivity contribution in [3.63, 3.8) is 0 Å². The van der Waals surface area contributed by atoms with Crippen LogP contribution in [-0.4, -0.2) is 10.9 Å². The number of rotatable bonds is 3. The van der Waals surface area contributed by atoms with E-state index in [9.17, 15) is 9.59 Å². The zero-order valence-electron chi connectivity index (χ0n) is 12.0. The van der Waals surface area contributed by atoms with E-state index in [0.717, 1.165) is 12.0 Å². The van der Waals surface area contributed by atoms with E-state index in [4.69, 9.17) is 16.0 Å². The van der Waals surface area contributed by atoms with Crippen molar-refractivity contribution in [1.82, 2.24) is 4.98 Å². The number of amides is 1. The van der Waals surface area contributed by atoms with Crippen molar-refractivity contribution in [2.24, 2.45) is 5.92 Å². The van der Waals surface area contributed by atoms with Crippen LogP contribution in [0.1, 0.15) is 17.9 Å². The molecule has 0 radical (unpaired) electrons. The molecule has 0 bridgehead atoms. The summed E-state index contributed by atoms with van der Waals surface area (Å²) in [6, 6.07) is 12.7. The molecular formula is C17H13ClN2O3. The van der Waals surface area contributed by atoms with E-state index in [-0.39, 0.29) is 17.7 Å². The molecule has 23 heavy (non-hydrogen) atoms. The first-order chi connectivity index (χ1) is 11.1. The molecule has 1 aliphatic carbocycles. The Bertz CT molecular complexity index is 960. The van der Waals surface area contributed by atoms with Gasteiger partial charge in [0.05, 0.1) is 5.52 Å². The number of oxazole rings is 1. The summed E-state index contributed by atoms with van der Waals surface area (Å²) < 4.78 is 4.94. The number of fused-ring (bicyclic) bond motifs is 1. The molecule has 1 fully saturated rings. The summed E-state index contributed by atoms with van der Waals surface area (Å²) >= 11 is 6.18. The molecule has 2 aromatic carbocycles. The Balaban J connectivity index is 1.50. The highest BCUT2D eigenvalue weighted by Crippen LogP contribution is 2.50. The number of nitrogens with one attached hydrogen (secondary N) is 2. The van der Waals surface area contributed by atoms with Gasteiger partial charge in [0.15, 0.2) is 5.58 Å². The minimum absolute atomic E-state index is 0.0416. The van der Waals surface area contributed by atoms with Crippen molar-refractivity contribution >= 4 is 34.3 Å². The second-order valence-corrected chi connectivity index (χ2v) is 6.09. The molecule has 1 saturated carbocycles. The van der Waals surface area contributed by atoms with Gasteiger partial charge in [-0.05, 0) is 42.2 Å². The Kier molecular flexibility index (Phi) is 3.23. The molecule has 1 heterocycles. The van der Waals surface area contributed by atoms with Gasteiger partial charge in [0.1, 0.15) is 0 Å². The third kappa shape index (κ3) is 2.64. The highest BCUT2D eigenvalue weighted by Gasteiger charge is 2.44. The molecule has 1 aliphatic rings. The van der Waals surface area contributed by atoms with Crippen molar-refractivity contribution in [2.75, 3.05) is 5.32 Å². The lowest BCUT2D eigenvalue weighted by atomic mass is 10.1. The normalized spacial score (nSPS) is 19.7. The van der Waals surface area contributed by atoms with Crippen LogP contribution in [0.25, 0.3) is 11.1 Å². The van der Waals surface area contributed by atoms with Crippen LogP contribution in [0.15, 0.2) is 51.7 Å². The minimum Gasteiger partial charge on any atom is -0.408 e. The molecule has 0 spiro atoms. The van der Waals surface area contributed by atoms with Crippen LogP contribution < -0.4 is 11.1 Å². The number of aromatic amines is 1. The van der Waals surface area contributed by atoms with Gasteiger partial charge in [-0.1, -0.05) is 29.8 Å². The summed E-state index contributed by atoms with van der Waals surface area (Å²) in [5.41, 5.74) is 2.67. The van der Waals surface area contributed by atoms with Crippen LogP contribution in [0.2, 0.25) is 5.02 Å². The maximum Gasteiger partial charge on any atom is 0.417 e. The molecule has 0 saturated heterocycles. The monoisotopic (exact) mass is 328 g/mol.